The number of anilines is 1. The van der Waals surface area contributed by atoms with Gasteiger partial charge < -0.3 is 25.3 Å². The summed E-state index contributed by atoms with van der Waals surface area (Å²) in [6.07, 6.45) is 0. The number of amides is 1. The number of carbonyl (C=O) groups is 2. The molecule has 1 aromatic rings. The highest BCUT2D eigenvalue weighted by atomic mass is 16.5. The number of carbonyl (C=O) groups excluding carboxylic acids is 2. The van der Waals surface area contributed by atoms with Crippen LogP contribution in [0.15, 0.2) is 18.2 Å². The molecule has 1 rings (SSSR count). The molecule has 0 aliphatic rings. The Labute approximate surface area is 123 Å². The Morgan fingerprint density at radius 1 is 1.33 bits per heavy atom. The van der Waals surface area contributed by atoms with Crippen LogP contribution in [0.1, 0.15) is 17.3 Å². The van der Waals surface area contributed by atoms with Crippen molar-refractivity contribution in [3.8, 4) is 5.75 Å². The molecule has 0 saturated heterocycles. The maximum atomic E-state index is 11.7. The molecule has 1 aromatic carbocycles. The summed E-state index contributed by atoms with van der Waals surface area (Å²) in [7, 11) is 2.84. The van der Waals surface area contributed by atoms with Gasteiger partial charge in [0.05, 0.1) is 25.0 Å². The van der Waals surface area contributed by atoms with Crippen molar-refractivity contribution in [2.24, 2.45) is 0 Å². The van der Waals surface area contributed by atoms with Crippen molar-refractivity contribution < 1.29 is 23.8 Å². The SMILES string of the molecule is COCC(C)NC(=O)COc1cc(C(=O)OC)ccc1N. The van der Waals surface area contributed by atoms with Gasteiger partial charge in [0, 0.05) is 13.2 Å². The summed E-state index contributed by atoms with van der Waals surface area (Å²) in [5, 5.41) is 2.70. The zero-order valence-electron chi connectivity index (χ0n) is 12.3. The molecule has 0 fully saturated rings. The second-order valence-electron chi connectivity index (χ2n) is 4.46. The van der Waals surface area contributed by atoms with Gasteiger partial charge in [-0.05, 0) is 25.1 Å². The lowest BCUT2D eigenvalue weighted by Crippen LogP contribution is -2.38. The van der Waals surface area contributed by atoms with Crippen LogP contribution in [0.25, 0.3) is 0 Å². The van der Waals surface area contributed by atoms with Crippen molar-refractivity contribution >= 4 is 17.6 Å². The van der Waals surface area contributed by atoms with Crippen LogP contribution in [0.4, 0.5) is 5.69 Å². The fourth-order valence-electron chi connectivity index (χ4n) is 1.66. The largest absolute Gasteiger partial charge is 0.482 e. The lowest BCUT2D eigenvalue weighted by Gasteiger charge is -2.14. The molecule has 21 heavy (non-hydrogen) atoms. The average Bonchev–Trinajstić information content (AvgIpc) is 2.45. The van der Waals surface area contributed by atoms with Crippen LogP contribution < -0.4 is 15.8 Å². The minimum Gasteiger partial charge on any atom is -0.482 e. The van der Waals surface area contributed by atoms with Crippen molar-refractivity contribution in [2.45, 2.75) is 13.0 Å². The molecule has 0 saturated carbocycles. The summed E-state index contributed by atoms with van der Waals surface area (Å²) in [5.74, 6) is -0.548. The Hall–Kier alpha value is -2.28. The van der Waals surface area contributed by atoms with E-state index in [4.69, 9.17) is 15.2 Å². The van der Waals surface area contributed by atoms with Gasteiger partial charge in [0.15, 0.2) is 6.61 Å². The topological polar surface area (TPSA) is 99.9 Å². The van der Waals surface area contributed by atoms with E-state index in [0.717, 1.165) is 0 Å². The van der Waals surface area contributed by atoms with Gasteiger partial charge in [-0.2, -0.15) is 0 Å². The summed E-state index contributed by atoms with van der Waals surface area (Å²) in [5.41, 5.74) is 6.37. The first kappa shape index (κ1) is 16.8. The average molecular weight is 296 g/mol. The molecule has 7 nitrogen and oxygen atoms in total. The Balaban J connectivity index is 2.62. The molecule has 116 valence electrons. The van der Waals surface area contributed by atoms with Crippen LogP contribution >= 0.6 is 0 Å². The molecule has 3 N–H and O–H groups in total. The quantitative estimate of drug-likeness (QED) is 0.564. The second-order valence-corrected chi connectivity index (χ2v) is 4.46. The first-order chi connectivity index (χ1) is 9.97. The van der Waals surface area contributed by atoms with Crippen LogP contribution in [0.5, 0.6) is 5.75 Å². The van der Waals surface area contributed by atoms with E-state index in [1.165, 1.54) is 25.3 Å². The van der Waals surface area contributed by atoms with Crippen molar-refractivity contribution in [2.75, 3.05) is 33.2 Å². The molecule has 1 unspecified atom stereocenters. The lowest BCUT2D eigenvalue weighted by molar-refractivity contribution is -0.124. The third kappa shape index (κ3) is 5.31. The van der Waals surface area contributed by atoms with Crippen LogP contribution in [0.3, 0.4) is 0 Å². The van der Waals surface area contributed by atoms with Gasteiger partial charge >= 0.3 is 5.97 Å². The number of rotatable bonds is 7. The van der Waals surface area contributed by atoms with Crippen LogP contribution in [-0.2, 0) is 14.3 Å². The van der Waals surface area contributed by atoms with Crippen LogP contribution in [0, 0.1) is 0 Å². The highest BCUT2D eigenvalue weighted by Crippen LogP contribution is 2.23. The number of hydrogen-bond acceptors (Lipinski definition) is 6. The molecule has 1 amide bonds. The van der Waals surface area contributed by atoms with Crippen molar-refractivity contribution in [3.05, 3.63) is 23.8 Å². The Morgan fingerprint density at radius 3 is 2.67 bits per heavy atom. The van der Waals surface area contributed by atoms with Crippen molar-refractivity contribution in [1.29, 1.82) is 0 Å². The van der Waals surface area contributed by atoms with E-state index in [2.05, 4.69) is 10.1 Å². The van der Waals surface area contributed by atoms with E-state index in [0.29, 0.717) is 17.9 Å². The van der Waals surface area contributed by atoms with Gasteiger partial charge in [0.25, 0.3) is 5.91 Å². The number of nitrogen functional groups attached to an aromatic ring is 1. The maximum Gasteiger partial charge on any atom is 0.337 e. The molecule has 0 heterocycles. The Morgan fingerprint density at radius 2 is 2.05 bits per heavy atom. The van der Waals surface area contributed by atoms with E-state index in [9.17, 15) is 9.59 Å². The summed E-state index contributed by atoms with van der Waals surface area (Å²) in [6, 6.07) is 4.36. The molecular formula is C14H20N2O5. The fourth-order valence-corrected chi connectivity index (χ4v) is 1.66. The third-order valence-corrected chi connectivity index (χ3v) is 2.62. The van der Waals surface area contributed by atoms with Gasteiger partial charge in [-0.15, -0.1) is 0 Å². The molecule has 0 aliphatic carbocycles. The molecule has 0 radical (unpaired) electrons. The minimum absolute atomic E-state index is 0.121. The van der Waals surface area contributed by atoms with Crippen molar-refractivity contribution in [1.82, 2.24) is 5.32 Å². The number of nitrogens with one attached hydrogen (secondary N) is 1. The molecule has 0 aromatic heterocycles. The van der Waals surface area contributed by atoms with Crippen LogP contribution in [0.2, 0.25) is 0 Å². The summed E-state index contributed by atoms with van der Waals surface area (Å²) in [6.45, 7) is 2.02. The van der Waals surface area contributed by atoms with E-state index < -0.39 is 5.97 Å². The zero-order valence-corrected chi connectivity index (χ0v) is 12.3. The van der Waals surface area contributed by atoms with E-state index in [1.54, 1.807) is 7.11 Å². The number of esters is 1. The number of benzene rings is 1. The van der Waals surface area contributed by atoms with E-state index in [1.807, 2.05) is 6.92 Å². The molecule has 0 bridgehead atoms. The van der Waals surface area contributed by atoms with E-state index >= 15 is 0 Å². The highest BCUT2D eigenvalue weighted by molar-refractivity contribution is 5.90. The molecule has 0 aliphatic heterocycles. The van der Waals surface area contributed by atoms with Gasteiger partial charge in [0.2, 0.25) is 0 Å². The number of ether oxygens (including phenoxy) is 3. The van der Waals surface area contributed by atoms with Gasteiger partial charge in [0.1, 0.15) is 5.75 Å². The standard InChI is InChI=1S/C14H20N2O5/c1-9(7-19-2)16-13(17)8-21-12-6-10(14(18)20-3)4-5-11(12)15/h4-6,9H,7-8,15H2,1-3H3,(H,16,17). The molecule has 7 heteroatoms. The molecular weight excluding hydrogens is 276 g/mol. The second kappa shape index (κ2) is 8.11. The van der Waals surface area contributed by atoms with Crippen LogP contribution in [-0.4, -0.2) is 45.4 Å². The molecule has 1 atom stereocenters. The lowest BCUT2D eigenvalue weighted by atomic mass is 10.2. The Kier molecular flexibility index (Phi) is 6.48. The Bertz CT molecular complexity index is 504. The normalized spacial score (nSPS) is 11.6. The van der Waals surface area contributed by atoms with Gasteiger partial charge in [-0.1, -0.05) is 0 Å². The number of methoxy groups -OCH3 is 2. The smallest absolute Gasteiger partial charge is 0.337 e. The third-order valence-electron chi connectivity index (χ3n) is 2.62. The van der Waals surface area contributed by atoms with Crippen molar-refractivity contribution in [3.63, 3.8) is 0 Å². The van der Waals surface area contributed by atoms with E-state index in [-0.39, 0.29) is 24.3 Å². The van der Waals surface area contributed by atoms with Gasteiger partial charge in [-0.3, -0.25) is 4.79 Å². The predicted molar refractivity (Wildman–Crippen MR) is 77.2 cm³/mol. The molecule has 0 spiro atoms. The zero-order chi connectivity index (χ0) is 15.8. The summed E-state index contributed by atoms with van der Waals surface area (Å²) < 4.78 is 14.8. The number of nitrogens with two attached hydrogens (primary N) is 1. The fraction of sp³-hybridized carbons (Fsp3) is 0.429. The first-order valence-corrected chi connectivity index (χ1v) is 6.36. The monoisotopic (exact) mass is 296 g/mol. The van der Waals surface area contributed by atoms with Gasteiger partial charge in [-0.25, -0.2) is 4.79 Å². The maximum absolute atomic E-state index is 11.7. The predicted octanol–water partition coefficient (Wildman–Crippen LogP) is 0.585. The highest BCUT2D eigenvalue weighted by Gasteiger charge is 2.12. The minimum atomic E-state index is -0.502. The summed E-state index contributed by atoms with van der Waals surface area (Å²) >= 11 is 0. The number of hydrogen-bond donors (Lipinski definition) is 2. The first-order valence-electron chi connectivity index (χ1n) is 6.36. The summed E-state index contributed by atoms with van der Waals surface area (Å²) in [4.78, 5) is 23.1.